The van der Waals surface area contributed by atoms with Gasteiger partial charge in [0.25, 0.3) is 0 Å². The molecular weight excluding hydrogens is 1760 g/mol. The molecule has 0 unspecified atom stereocenters. The SMILES string of the molecule is C=CC(=O)N1CCN(c2nc(OC[C@@H]3CCCN3CCOC)nc3cc(-c4nc(N)ccc4C(F)(F)F)c(Cl)cc23)CC1.C=CC(=O)N1CCN(c2nc(OC[C@@H]3C[C@@H](C)CN3CCOC)nc3cc(-c4nc(N)ccc4C(F)(F)F)c(Cl)cc23)CC1.C=CC(=O)N1CCN(c2nc(OC[C@@H]3C[C@@H](C)[C@H](C)N3C)nc3cc(-c4nc(N)ccc4C(F)(F)F)c(Cl)cc23)CC1. The fraction of sp³-hybridized carbons (Fsp3) is 0.455. The van der Waals surface area contributed by atoms with Crippen LogP contribution in [0.15, 0.2) is 111 Å². The molecular formula is C88H101Cl3F9N21O8. The molecule has 0 saturated carbocycles. The van der Waals surface area contributed by atoms with Gasteiger partial charge in [0.05, 0.1) is 78.6 Å². The number of hydrogen-bond donors (Lipinski definition) is 3. The lowest BCUT2D eigenvalue weighted by Crippen LogP contribution is -2.48. The van der Waals surface area contributed by atoms with Crippen molar-refractivity contribution in [3.8, 4) is 51.8 Å². The first-order valence-corrected chi connectivity index (χ1v) is 43.2. The smallest absolute Gasteiger partial charge is 0.418 e. The van der Waals surface area contributed by atoms with Crippen LogP contribution in [0.3, 0.4) is 0 Å². The molecule has 6 N–H and O–H groups in total. The van der Waals surface area contributed by atoms with Crippen LogP contribution in [0.4, 0.5) is 74.4 Å². The highest BCUT2D eigenvalue weighted by Gasteiger charge is 2.41. The monoisotopic (exact) mass is 1860 g/mol. The molecule has 0 radical (unpaired) electrons. The summed E-state index contributed by atoms with van der Waals surface area (Å²) in [6.45, 7) is 28.3. The van der Waals surface area contributed by atoms with Gasteiger partial charge >= 0.3 is 36.6 Å². The van der Waals surface area contributed by atoms with E-state index in [4.69, 9.17) is 90.6 Å². The van der Waals surface area contributed by atoms with Crippen LogP contribution in [0.1, 0.15) is 63.1 Å². The number of anilines is 6. The van der Waals surface area contributed by atoms with Crippen molar-refractivity contribution in [2.45, 2.75) is 89.2 Å². The van der Waals surface area contributed by atoms with Gasteiger partial charge in [-0.3, -0.25) is 29.1 Å². The van der Waals surface area contributed by atoms with E-state index in [1.165, 1.54) is 36.4 Å². The summed E-state index contributed by atoms with van der Waals surface area (Å²) in [5, 5.41) is 1.72. The number of piperazine rings is 3. The minimum Gasteiger partial charge on any atom is -0.462 e. The lowest BCUT2D eigenvalue weighted by molar-refractivity contribution is -0.138. The number of hydrogen-bond acceptors (Lipinski definition) is 26. The number of amides is 3. The lowest BCUT2D eigenvalue weighted by Gasteiger charge is -2.35. The quantitative estimate of drug-likeness (QED) is 0.0374. The molecule has 6 fully saturated rings. The summed E-state index contributed by atoms with van der Waals surface area (Å²) >= 11 is 19.9. The van der Waals surface area contributed by atoms with Crippen molar-refractivity contribution in [3.05, 3.63) is 143 Å². The number of likely N-dealkylation sites (N-methyl/N-ethyl adjacent to an activating group) is 1. The largest absolute Gasteiger partial charge is 0.462 e. The summed E-state index contributed by atoms with van der Waals surface area (Å²) in [5.41, 5.74) is 14.4. The number of alkyl halides is 9. The lowest BCUT2D eigenvalue weighted by atomic mass is 10.0. The molecule has 0 spiro atoms. The standard InChI is InChI=1S/C30H35ClF3N7O3.C29H33ClF3N7O3.C29H33ClF3N7O2/c1-4-26(42)39-7-9-40(10-8-39)28-21-14-23(31)20(27-22(30(32,33)34)5-6-25(35)37-27)15-24(21)36-29(38-28)44-17-19-13-18(2)16-41(19)11-12-43-3;1-3-25(41)39-9-11-40(12-10-39)27-20-15-22(30)19(26-21(29(31,32)33)6-7-24(34)36-26)16-23(20)35-28(37-27)43-17-18-5-4-8-38(18)13-14-42-2;1-5-25(41)39-8-10-40(11-9-39)27-20-13-22(30)19(26-21(29(31,32)33)6-7-24(34)36-26)14-23(20)35-28(37-27)42-15-18-12-16(2)17(3)38(18)4/h4-6,14-15,18-19H,1,7-13,16-17H2,2-3H3,(H2,35,37);3,6-7,15-16,18H,1,4-5,8-14,17H2,2H3,(H2,34,36);5-7,13-14,16-18H,1,8-12,15H2,2-4H3,(H2,34,36)/t18-,19+;18-;16-,17+,18+/m101/s1. The maximum atomic E-state index is 14.0. The summed E-state index contributed by atoms with van der Waals surface area (Å²) in [6.07, 6.45) is -6.33. The first-order valence-electron chi connectivity index (χ1n) is 42.1. The summed E-state index contributed by atoms with van der Waals surface area (Å²) < 4.78 is 154. The van der Waals surface area contributed by atoms with E-state index < -0.39 is 46.6 Å². The number of nitrogen functional groups attached to an aromatic ring is 3. The number of benzene rings is 3. The molecule has 0 bridgehead atoms. The molecule has 6 aliphatic heterocycles. The summed E-state index contributed by atoms with van der Waals surface area (Å²) in [6, 6.07) is 16.1. The van der Waals surface area contributed by atoms with Gasteiger partial charge in [-0.15, -0.1) is 0 Å². The van der Waals surface area contributed by atoms with E-state index in [9.17, 15) is 53.9 Å². The predicted octanol–water partition coefficient (Wildman–Crippen LogP) is 13.7. The van der Waals surface area contributed by atoms with Crippen molar-refractivity contribution in [2.75, 3.05) is 191 Å². The minimum atomic E-state index is -4.69. The third kappa shape index (κ3) is 22.4. The van der Waals surface area contributed by atoms with E-state index in [0.717, 1.165) is 88.3 Å². The summed E-state index contributed by atoms with van der Waals surface area (Å²) in [7, 11) is 5.39. The minimum absolute atomic E-state index is 0.0335. The Balaban J connectivity index is 0.000000165. The molecule has 3 amide bonds. The number of methoxy groups -OCH3 is 2. The van der Waals surface area contributed by atoms with E-state index in [-0.39, 0.29) is 109 Å². The van der Waals surface area contributed by atoms with Gasteiger partial charge in [0.15, 0.2) is 0 Å². The molecule has 6 saturated heterocycles. The number of rotatable bonds is 24. The van der Waals surface area contributed by atoms with Gasteiger partial charge in [0.2, 0.25) is 17.7 Å². The zero-order valence-corrected chi connectivity index (χ0v) is 74.3. The number of nitrogens with two attached hydrogens (primary N) is 3. The average Bonchev–Trinajstić information content (AvgIpc) is 0.859. The van der Waals surface area contributed by atoms with Crippen LogP contribution in [-0.2, 0) is 42.4 Å². The molecule has 6 aliphatic rings. The Morgan fingerprint density at radius 1 is 0.450 bits per heavy atom. The second-order valence-electron chi connectivity index (χ2n) is 32.5. The van der Waals surface area contributed by atoms with E-state index in [1.54, 1.807) is 47.1 Å². The van der Waals surface area contributed by atoms with Crippen molar-refractivity contribution in [3.63, 3.8) is 0 Å². The van der Waals surface area contributed by atoms with E-state index in [2.05, 4.69) is 92.2 Å². The fourth-order valence-corrected chi connectivity index (χ4v) is 17.8. The first-order chi connectivity index (χ1) is 61.4. The predicted molar refractivity (Wildman–Crippen MR) is 477 cm³/mol. The van der Waals surface area contributed by atoms with Gasteiger partial charge in [-0.05, 0) is 149 Å². The molecule has 129 heavy (non-hydrogen) atoms. The highest BCUT2D eigenvalue weighted by molar-refractivity contribution is 6.35. The Morgan fingerprint density at radius 3 is 1.10 bits per heavy atom. The zero-order valence-electron chi connectivity index (χ0n) is 72.0. The van der Waals surface area contributed by atoms with E-state index in [0.29, 0.717) is 180 Å². The topological polar surface area (TPSA) is 321 Å². The Hall–Kier alpha value is -11.0. The number of likely N-dealkylation sites (tertiary alicyclic amines) is 3. The molecule has 690 valence electrons. The van der Waals surface area contributed by atoms with Crippen LogP contribution in [0.25, 0.3) is 66.5 Å². The molecule has 9 aromatic rings. The number of carbonyl (C=O) groups excluding carboxylic acids is 3. The maximum absolute atomic E-state index is 14.0. The molecule has 6 atom stereocenters. The van der Waals surface area contributed by atoms with E-state index >= 15 is 0 Å². The molecule has 3 aromatic carbocycles. The normalized spacial score (nSPS) is 19.7. The molecule has 6 aromatic heterocycles. The molecule has 0 aliphatic carbocycles. The third-order valence-corrected chi connectivity index (χ3v) is 25.1. The summed E-state index contributed by atoms with van der Waals surface area (Å²) in [5.74, 6) is 1.84. The number of nitrogens with zero attached hydrogens (tertiary/aromatic N) is 18. The maximum Gasteiger partial charge on any atom is 0.418 e. The van der Waals surface area contributed by atoms with Gasteiger partial charge in [0, 0.05) is 169 Å². The highest BCUT2D eigenvalue weighted by atomic mass is 35.5. The first kappa shape index (κ1) is 95.6. The van der Waals surface area contributed by atoms with Crippen LogP contribution in [0.5, 0.6) is 18.0 Å². The second kappa shape index (κ2) is 41.0. The van der Waals surface area contributed by atoms with Crippen molar-refractivity contribution in [2.24, 2.45) is 11.8 Å². The van der Waals surface area contributed by atoms with Crippen LogP contribution < -0.4 is 46.1 Å². The van der Waals surface area contributed by atoms with Gasteiger partial charge in [-0.2, -0.15) is 69.4 Å². The molecule has 29 nitrogen and oxygen atoms in total. The average molecular weight is 1860 g/mol. The third-order valence-electron chi connectivity index (χ3n) is 24.2. The Kier molecular flexibility index (Phi) is 30.4. The van der Waals surface area contributed by atoms with Crippen molar-refractivity contribution in [1.82, 2.24) is 74.3 Å². The van der Waals surface area contributed by atoms with Crippen LogP contribution in [0.2, 0.25) is 15.1 Å². The van der Waals surface area contributed by atoms with Crippen LogP contribution in [-0.4, -0.2) is 275 Å². The van der Waals surface area contributed by atoms with Gasteiger partial charge in [-0.1, -0.05) is 68.4 Å². The number of fused-ring (bicyclic) bond motifs is 3. The van der Waals surface area contributed by atoms with Gasteiger partial charge < -0.3 is 70.3 Å². The van der Waals surface area contributed by atoms with Crippen LogP contribution in [0, 0.1) is 11.8 Å². The second-order valence-corrected chi connectivity index (χ2v) is 33.7. The molecule has 12 heterocycles. The van der Waals surface area contributed by atoms with Gasteiger partial charge in [0.1, 0.15) is 54.7 Å². The van der Waals surface area contributed by atoms with Gasteiger partial charge in [-0.25, -0.2) is 15.0 Å². The fourth-order valence-electron chi connectivity index (χ4n) is 17.0. The van der Waals surface area contributed by atoms with Crippen molar-refractivity contribution in [1.29, 1.82) is 0 Å². The van der Waals surface area contributed by atoms with E-state index in [1.807, 2.05) is 14.7 Å². The Bertz CT molecular complexity index is 5610. The van der Waals surface area contributed by atoms with Crippen molar-refractivity contribution >= 4 is 120 Å². The molecule has 15 rings (SSSR count). The molecule has 41 heteroatoms. The number of ether oxygens (including phenoxy) is 5. The number of aromatic nitrogens is 9. The Morgan fingerprint density at radius 2 is 0.783 bits per heavy atom. The number of carbonyl (C=O) groups is 3. The highest BCUT2D eigenvalue weighted by Crippen LogP contribution is 2.47. The summed E-state index contributed by atoms with van der Waals surface area (Å²) in [4.78, 5) is 94.3. The zero-order chi connectivity index (χ0) is 92.7. The number of halogens is 12. The van der Waals surface area contributed by atoms with Crippen LogP contribution >= 0.6 is 34.8 Å². The van der Waals surface area contributed by atoms with Crippen molar-refractivity contribution < 1.29 is 77.6 Å². The number of pyridine rings is 3. The Labute approximate surface area is 754 Å².